The standard InChI is InChI=1S/C13H12FN3O2/c14-11-2-1-10(5-9(11)7-15)17-13(19)8-3-4-16-12(18)6-8/h1-6H,7,15H2,(H,16,18)(H,17,19). The van der Waals surface area contributed by atoms with Crippen molar-refractivity contribution in [2.45, 2.75) is 6.54 Å². The Balaban J connectivity index is 2.21. The lowest BCUT2D eigenvalue weighted by Crippen LogP contribution is -2.16. The quantitative estimate of drug-likeness (QED) is 0.776. The summed E-state index contributed by atoms with van der Waals surface area (Å²) >= 11 is 0. The molecule has 0 atom stereocenters. The van der Waals surface area contributed by atoms with Gasteiger partial charge in [0.15, 0.2) is 0 Å². The molecule has 1 amide bonds. The maximum atomic E-state index is 13.2. The highest BCUT2D eigenvalue weighted by Crippen LogP contribution is 2.15. The molecule has 0 aliphatic heterocycles. The van der Waals surface area contributed by atoms with Crippen molar-refractivity contribution in [2.75, 3.05) is 5.32 Å². The molecule has 0 spiro atoms. The Labute approximate surface area is 108 Å². The number of rotatable bonds is 3. The monoisotopic (exact) mass is 261 g/mol. The van der Waals surface area contributed by atoms with Crippen LogP contribution in [0.2, 0.25) is 0 Å². The number of anilines is 1. The Morgan fingerprint density at radius 1 is 1.32 bits per heavy atom. The lowest BCUT2D eigenvalue weighted by Gasteiger charge is -2.07. The predicted octanol–water partition coefficient (Wildman–Crippen LogP) is 1.22. The number of aromatic amines is 1. The molecule has 0 saturated carbocycles. The van der Waals surface area contributed by atoms with E-state index < -0.39 is 11.7 Å². The van der Waals surface area contributed by atoms with Gasteiger partial charge in [-0.1, -0.05) is 0 Å². The first kappa shape index (κ1) is 13.0. The summed E-state index contributed by atoms with van der Waals surface area (Å²) in [6.45, 7) is 0.0422. The van der Waals surface area contributed by atoms with E-state index in [1.165, 1.54) is 36.5 Å². The molecule has 1 aromatic heterocycles. The van der Waals surface area contributed by atoms with Gasteiger partial charge in [-0.3, -0.25) is 9.59 Å². The van der Waals surface area contributed by atoms with Crippen molar-refractivity contribution >= 4 is 11.6 Å². The van der Waals surface area contributed by atoms with Crippen LogP contribution in [0.25, 0.3) is 0 Å². The SMILES string of the molecule is NCc1cc(NC(=O)c2cc[nH]c(=O)c2)ccc1F. The number of benzene rings is 1. The van der Waals surface area contributed by atoms with Crippen LogP contribution in [-0.2, 0) is 6.54 Å². The number of aromatic nitrogens is 1. The van der Waals surface area contributed by atoms with Gasteiger partial charge in [-0.05, 0) is 24.3 Å². The zero-order valence-corrected chi connectivity index (χ0v) is 9.94. The first-order valence-corrected chi connectivity index (χ1v) is 5.59. The predicted molar refractivity (Wildman–Crippen MR) is 69.3 cm³/mol. The number of carbonyl (C=O) groups excluding carboxylic acids is 1. The fourth-order valence-electron chi connectivity index (χ4n) is 1.60. The number of halogens is 1. The van der Waals surface area contributed by atoms with E-state index in [0.29, 0.717) is 11.3 Å². The summed E-state index contributed by atoms with van der Waals surface area (Å²) in [6, 6.07) is 6.78. The highest BCUT2D eigenvalue weighted by atomic mass is 19.1. The molecular formula is C13H12FN3O2. The van der Waals surface area contributed by atoms with Crippen LogP contribution in [0.3, 0.4) is 0 Å². The summed E-state index contributed by atoms with van der Waals surface area (Å²) in [4.78, 5) is 25.4. The Hall–Kier alpha value is -2.47. The van der Waals surface area contributed by atoms with E-state index in [4.69, 9.17) is 5.73 Å². The third-order valence-corrected chi connectivity index (χ3v) is 2.56. The van der Waals surface area contributed by atoms with Crippen molar-refractivity contribution in [3.63, 3.8) is 0 Å². The van der Waals surface area contributed by atoms with E-state index in [-0.39, 0.29) is 17.7 Å². The van der Waals surface area contributed by atoms with Gasteiger partial charge in [-0.25, -0.2) is 4.39 Å². The first-order chi connectivity index (χ1) is 9.10. The number of amides is 1. The second-order valence-corrected chi connectivity index (χ2v) is 3.91. The minimum Gasteiger partial charge on any atom is -0.329 e. The van der Waals surface area contributed by atoms with Crippen LogP contribution in [0.4, 0.5) is 10.1 Å². The van der Waals surface area contributed by atoms with Gasteiger partial charge in [0.05, 0.1) is 0 Å². The van der Waals surface area contributed by atoms with Crippen molar-refractivity contribution in [1.29, 1.82) is 0 Å². The van der Waals surface area contributed by atoms with Crippen LogP contribution < -0.4 is 16.6 Å². The average Bonchev–Trinajstić information content (AvgIpc) is 2.41. The maximum Gasteiger partial charge on any atom is 0.255 e. The van der Waals surface area contributed by atoms with Crippen LogP contribution in [0.5, 0.6) is 0 Å². The largest absolute Gasteiger partial charge is 0.329 e. The molecule has 19 heavy (non-hydrogen) atoms. The highest BCUT2D eigenvalue weighted by Gasteiger charge is 2.08. The number of nitrogens with two attached hydrogens (primary N) is 1. The molecule has 0 aliphatic rings. The molecule has 1 heterocycles. The molecule has 0 radical (unpaired) electrons. The number of pyridine rings is 1. The number of nitrogens with one attached hydrogen (secondary N) is 2. The minimum atomic E-state index is -0.444. The third-order valence-electron chi connectivity index (χ3n) is 2.56. The van der Waals surface area contributed by atoms with Crippen LogP contribution in [-0.4, -0.2) is 10.9 Å². The van der Waals surface area contributed by atoms with Gasteiger partial charge in [0.1, 0.15) is 5.82 Å². The van der Waals surface area contributed by atoms with E-state index in [9.17, 15) is 14.0 Å². The second kappa shape index (κ2) is 5.45. The van der Waals surface area contributed by atoms with Crippen molar-refractivity contribution in [1.82, 2.24) is 4.98 Å². The number of hydrogen-bond donors (Lipinski definition) is 3. The molecule has 0 bridgehead atoms. The number of carbonyl (C=O) groups is 1. The minimum absolute atomic E-state index is 0.0422. The van der Waals surface area contributed by atoms with E-state index in [1.54, 1.807) is 0 Å². The molecular weight excluding hydrogens is 249 g/mol. The molecule has 1 aromatic carbocycles. The van der Waals surface area contributed by atoms with E-state index in [0.717, 1.165) is 0 Å². The lowest BCUT2D eigenvalue weighted by atomic mass is 10.1. The fourth-order valence-corrected chi connectivity index (χ4v) is 1.60. The van der Waals surface area contributed by atoms with Crippen LogP contribution in [0.15, 0.2) is 41.3 Å². The molecule has 0 unspecified atom stereocenters. The molecule has 6 heteroatoms. The summed E-state index contributed by atoms with van der Waals surface area (Å²) < 4.78 is 13.2. The topological polar surface area (TPSA) is 88.0 Å². The number of H-pyrrole nitrogens is 1. The van der Waals surface area contributed by atoms with Gasteiger partial charge in [-0.2, -0.15) is 0 Å². The van der Waals surface area contributed by atoms with Crippen molar-refractivity contribution in [2.24, 2.45) is 5.73 Å². The number of hydrogen-bond acceptors (Lipinski definition) is 3. The van der Waals surface area contributed by atoms with Crippen molar-refractivity contribution in [3.8, 4) is 0 Å². The van der Waals surface area contributed by atoms with Crippen molar-refractivity contribution in [3.05, 3.63) is 63.8 Å². The summed E-state index contributed by atoms with van der Waals surface area (Å²) in [7, 11) is 0. The molecule has 0 aliphatic carbocycles. The van der Waals surface area contributed by atoms with E-state index >= 15 is 0 Å². The normalized spacial score (nSPS) is 10.2. The van der Waals surface area contributed by atoms with Crippen LogP contribution in [0.1, 0.15) is 15.9 Å². The molecule has 2 rings (SSSR count). The van der Waals surface area contributed by atoms with E-state index in [1.807, 2.05) is 0 Å². The zero-order valence-electron chi connectivity index (χ0n) is 9.94. The van der Waals surface area contributed by atoms with Gasteiger partial charge in [0.25, 0.3) is 5.91 Å². The smallest absolute Gasteiger partial charge is 0.255 e. The fraction of sp³-hybridized carbons (Fsp3) is 0.0769. The summed E-state index contributed by atoms with van der Waals surface area (Å²) in [5.41, 5.74) is 5.97. The Morgan fingerprint density at radius 2 is 2.11 bits per heavy atom. The lowest BCUT2D eigenvalue weighted by molar-refractivity contribution is 0.102. The first-order valence-electron chi connectivity index (χ1n) is 5.59. The molecule has 2 aromatic rings. The third kappa shape index (κ3) is 3.05. The van der Waals surface area contributed by atoms with Gasteiger partial charge in [-0.15, -0.1) is 0 Å². The van der Waals surface area contributed by atoms with Gasteiger partial charge in [0, 0.05) is 35.6 Å². The molecule has 5 nitrogen and oxygen atoms in total. The Kier molecular flexibility index (Phi) is 3.72. The van der Waals surface area contributed by atoms with Crippen LogP contribution >= 0.6 is 0 Å². The Bertz CT molecular complexity index is 667. The summed E-state index contributed by atoms with van der Waals surface area (Å²) in [5, 5.41) is 2.57. The highest BCUT2D eigenvalue weighted by molar-refractivity contribution is 6.04. The van der Waals surface area contributed by atoms with E-state index in [2.05, 4.69) is 10.3 Å². The van der Waals surface area contributed by atoms with Gasteiger partial charge < -0.3 is 16.0 Å². The summed E-state index contributed by atoms with van der Waals surface area (Å²) in [6.07, 6.45) is 1.38. The molecule has 4 N–H and O–H groups in total. The molecule has 0 fully saturated rings. The maximum absolute atomic E-state index is 13.2. The molecule has 0 saturated heterocycles. The average molecular weight is 261 g/mol. The van der Waals surface area contributed by atoms with Crippen molar-refractivity contribution < 1.29 is 9.18 Å². The van der Waals surface area contributed by atoms with Gasteiger partial charge >= 0.3 is 0 Å². The molecule has 98 valence electrons. The van der Waals surface area contributed by atoms with Crippen LogP contribution in [0, 0.1) is 5.82 Å². The second-order valence-electron chi connectivity index (χ2n) is 3.91. The van der Waals surface area contributed by atoms with Gasteiger partial charge in [0.2, 0.25) is 5.56 Å². The summed E-state index contributed by atoms with van der Waals surface area (Å²) in [5.74, 6) is -0.864. The Morgan fingerprint density at radius 3 is 2.79 bits per heavy atom. The zero-order chi connectivity index (χ0) is 13.8.